The lowest BCUT2D eigenvalue weighted by Crippen LogP contribution is -2.46. The van der Waals surface area contributed by atoms with Crippen LogP contribution < -0.4 is 4.90 Å². The Labute approximate surface area is 142 Å². The van der Waals surface area contributed by atoms with Gasteiger partial charge in [-0.3, -0.25) is 9.59 Å². The van der Waals surface area contributed by atoms with E-state index in [0.29, 0.717) is 23.8 Å². The van der Waals surface area contributed by atoms with E-state index in [2.05, 4.69) is 13.0 Å². The molecular weight excluding hydrogens is 302 g/mol. The van der Waals surface area contributed by atoms with Gasteiger partial charge in [-0.1, -0.05) is 13.0 Å². The first-order valence-electron chi connectivity index (χ1n) is 8.75. The predicted octanol–water partition coefficient (Wildman–Crippen LogP) is 2.70. The fourth-order valence-electron chi connectivity index (χ4n) is 3.82. The molecule has 0 N–H and O–H groups in total. The molecule has 5 heteroatoms. The zero-order valence-corrected chi connectivity index (χ0v) is 14.1. The first-order chi connectivity index (χ1) is 11.6. The summed E-state index contributed by atoms with van der Waals surface area (Å²) in [5, 5.41) is 9.02. The molecule has 2 saturated heterocycles. The van der Waals surface area contributed by atoms with Gasteiger partial charge in [0.15, 0.2) is 0 Å². The third-order valence-electron chi connectivity index (χ3n) is 5.14. The van der Waals surface area contributed by atoms with Gasteiger partial charge in [0.25, 0.3) is 0 Å². The minimum atomic E-state index is -0.268. The van der Waals surface area contributed by atoms with Crippen molar-refractivity contribution >= 4 is 17.5 Å². The first kappa shape index (κ1) is 16.5. The molecule has 2 fully saturated rings. The predicted molar refractivity (Wildman–Crippen MR) is 91.3 cm³/mol. The molecule has 1 aromatic carbocycles. The Bertz CT molecular complexity index is 679. The molecule has 126 valence electrons. The van der Waals surface area contributed by atoms with Gasteiger partial charge in [-0.25, -0.2) is 0 Å². The summed E-state index contributed by atoms with van der Waals surface area (Å²) < 4.78 is 0. The standard InChI is InChI=1S/C19H23N3O2/c1-2-16-7-3-4-9-21(16)19(24)15-11-18(23)22(13-15)17-8-5-6-14(10-17)12-20/h5-6,8,10,15-16H,2-4,7,9,11,13H2,1H3. The second-order valence-electron chi connectivity index (χ2n) is 6.66. The molecule has 1 aromatic rings. The van der Waals surface area contributed by atoms with Crippen LogP contribution in [-0.2, 0) is 9.59 Å². The number of hydrogen-bond acceptors (Lipinski definition) is 3. The Morgan fingerprint density at radius 2 is 2.21 bits per heavy atom. The van der Waals surface area contributed by atoms with Gasteiger partial charge in [-0.2, -0.15) is 5.26 Å². The second-order valence-corrected chi connectivity index (χ2v) is 6.66. The molecule has 2 unspecified atom stereocenters. The van der Waals surface area contributed by atoms with Crippen LogP contribution >= 0.6 is 0 Å². The van der Waals surface area contributed by atoms with Crippen molar-refractivity contribution in [3.63, 3.8) is 0 Å². The van der Waals surface area contributed by atoms with Gasteiger partial charge < -0.3 is 9.80 Å². The lowest BCUT2D eigenvalue weighted by Gasteiger charge is -2.36. The van der Waals surface area contributed by atoms with Gasteiger partial charge in [-0.05, 0) is 43.9 Å². The lowest BCUT2D eigenvalue weighted by atomic mass is 9.97. The smallest absolute Gasteiger partial charge is 0.228 e. The number of piperidine rings is 1. The maximum atomic E-state index is 12.9. The van der Waals surface area contributed by atoms with E-state index in [-0.39, 0.29) is 24.2 Å². The second kappa shape index (κ2) is 7.04. The molecule has 0 radical (unpaired) electrons. The molecule has 2 heterocycles. The highest BCUT2D eigenvalue weighted by Gasteiger charge is 2.39. The maximum Gasteiger partial charge on any atom is 0.228 e. The number of carbonyl (C=O) groups excluding carboxylic acids is 2. The van der Waals surface area contributed by atoms with E-state index in [0.717, 1.165) is 25.8 Å². The zero-order valence-electron chi connectivity index (χ0n) is 14.1. The van der Waals surface area contributed by atoms with Crippen LogP contribution in [0.3, 0.4) is 0 Å². The van der Waals surface area contributed by atoms with Crippen LogP contribution in [0.15, 0.2) is 24.3 Å². The number of hydrogen-bond donors (Lipinski definition) is 0. The summed E-state index contributed by atoms with van der Waals surface area (Å²) in [6.45, 7) is 3.35. The van der Waals surface area contributed by atoms with E-state index in [9.17, 15) is 9.59 Å². The average Bonchev–Trinajstić information content (AvgIpc) is 3.02. The number of likely N-dealkylation sites (tertiary alicyclic amines) is 1. The number of rotatable bonds is 3. The van der Waals surface area contributed by atoms with E-state index in [1.165, 1.54) is 6.42 Å². The van der Waals surface area contributed by atoms with E-state index in [1.54, 1.807) is 23.1 Å². The Kier molecular flexibility index (Phi) is 4.84. The van der Waals surface area contributed by atoms with E-state index >= 15 is 0 Å². The summed E-state index contributed by atoms with van der Waals surface area (Å²) in [5.74, 6) is -0.183. The monoisotopic (exact) mass is 325 g/mol. The van der Waals surface area contributed by atoms with Crippen molar-refractivity contribution in [1.29, 1.82) is 5.26 Å². The normalized spacial score (nSPS) is 24.1. The molecule has 0 spiro atoms. The van der Waals surface area contributed by atoms with Gasteiger partial charge >= 0.3 is 0 Å². The number of nitrogens with zero attached hydrogens (tertiary/aromatic N) is 3. The molecule has 5 nitrogen and oxygen atoms in total. The molecule has 3 rings (SSSR count). The highest BCUT2D eigenvalue weighted by atomic mass is 16.2. The van der Waals surface area contributed by atoms with Crippen LogP contribution in [-0.4, -0.2) is 35.8 Å². The number of amides is 2. The van der Waals surface area contributed by atoms with E-state index in [1.807, 2.05) is 11.0 Å². The van der Waals surface area contributed by atoms with Crippen LogP contribution in [0, 0.1) is 17.2 Å². The van der Waals surface area contributed by atoms with Gasteiger partial charge in [0.2, 0.25) is 11.8 Å². The fourth-order valence-corrected chi connectivity index (χ4v) is 3.82. The minimum Gasteiger partial charge on any atom is -0.339 e. The van der Waals surface area contributed by atoms with Crippen LogP contribution in [0.1, 0.15) is 44.6 Å². The Morgan fingerprint density at radius 3 is 2.96 bits per heavy atom. The molecule has 0 aromatic heterocycles. The van der Waals surface area contributed by atoms with Crippen molar-refractivity contribution in [2.75, 3.05) is 18.0 Å². The molecule has 24 heavy (non-hydrogen) atoms. The third kappa shape index (κ3) is 3.14. The molecule has 2 aliphatic rings. The first-order valence-corrected chi connectivity index (χ1v) is 8.75. The molecule has 0 bridgehead atoms. The average molecular weight is 325 g/mol. The van der Waals surface area contributed by atoms with E-state index < -0.39 is 0 Å². The molecule has 2 amide bonds. The fraction of sp³-hybridized carbons (Fsp3) is 0.526. The van der Waals surface area contributed by atoms with Crippen molar-refractivity contribution < 1.29 is 9.59 Å². The van der Waals surface area contributed by atoms with Crippen LogP contribution in [0.25, 0.3) is 0 Å². The number of carbonyl (C=O) groups is 2. The van der Waals surface area contributed by atoms with Crippen molar-refractivity contribution in [2.45, 2.75) is 45.1 Å². The van der Waals surface area contributed by atoms with Crippen molar-refractivity contribution in [3.05, 3.63) is 29.8 Å². The topological polar surface area (TPSA) is 64.4 Å². The lowest BCUT2D eigenvalue weighted by molar-refractivity contribution is -0.139. The summed E-state index contributed by atoms with van der Waals surface area (Å²) in [6, 6.07) is 9.42. The molecular formula is C19H23N3O2. The molecule has 0 aliphatic carbocycles. The Hall–Kier alpha value is -2.35. The summed E-state index contributed by atoms with van der Waals surface area (Å²) in [6.07, 6.45) is 4.54. The zero-order chi connectivity index (χ0) is 17.1. The number of nitriles is 1. The SMILES string of the molecule is CCC1CCCCN1C(=O)C1CC(=O)N(c2cccc(C#N)c2)C1. The number of anilines is 1. The summed E-state index contributed by atoms with van der Waals surface area (Å²) in [5.41, 5.74) is 1.23. The van der Waals surface area contributed by atoms with E-state index in [4.69, 9.17) is 5.26 Å². The Balaban J connectivity index is 1.74. The van der Waals surface area contributed by atoms with Gasteiger partial charge in [0, 0.05) is 31.2 Å². The highest BCUT2D eigenvalue weighted by Crippen LogP contribution is 2.29. The van der Waals surface area contributed by atoms with Crippen LogP contribution in [0.2, 0.25) is 0 Å². The summed E-state index contributed by atoms with van der Waals surface area (Å²) in [7, 11) is 0. The molecule has 2 atom stereocenters. The van der Waals surface area contributed by atoms with Crippen LogP contribution in [0.4, 0.5) is 5.69 Å². The van der Waals surface area contributed by atoms with Gasteiger partial charge in [0.1, 0.15) is 0 Å². The highest BCUT2D eigenvalue weighted by molar-refractivity contribution is 6.00. The van der Waals surface area contributed by atoms with Crippen molar-refractivity contribution in [3.8, 4) is 6.07 Å². The van der Waals surface area contributed by atoms with Gasteiger partial charge in [-0.15, -0.1) is 0 Å². The van der Waals surface area contributed by atoms with Crippen molar-refractivity contribution in [1.82, 2.24) is 4.90 Å². The third-order valence-corrected chi connectivity index (χ3v) is 5.14. The van der Waals surface area contributed by atoms with Crippen LogP contribution in [0.5, 0.6) is 0 Å². The quantitative estimate of drug-likeness (QED) is 0.858. The minimum absolute atomic E-state index is 0.0338. The largest absolute Gasteiger partial charge is 0.339 e. The van der Waals surface area contributed by atoms with Gasteiger partial charge in [0.05, 0.1) is 17.6 Å². The maximum absolute atomic E-state index is 12.9. The summed E-state index contributed by atoms with van der Waals surface area (Å²) in [4.78, 5) is 28.9. The molecule has 2 aliphatic heterocycles. The molecule has 0 saturated carbocycles. The number of benzene rings is 1. The van der Waals surface area contributed by atoms with Crippen molar-refractivity contribution in [2.24, 2.45) is 5.92 Å². The summed E-state index contributed by atoms with van der Waals surface area (Å²) >= 11 is 0. The Morgan fingerprint density at radius 1 is 1.38 bits per heavy atom.